The molecule has 1 amide bonds. The normalized spacial score (nSPS) is 21.5. The molecule has 1 atom stereocenters. The number of carbonyl (C=O) groups is 1. The lowest BCUT2D eigenvalue weighted by atomic mass is 10.0. The Labute approximate surface area is 147 Å². The molecule has 2 aliphatic rings. The molecule has 26 heavy (non-hydrogen) atoms. The van der Waals surface area contributed by atoms with Crippen molar-refractivity contribution in [1.82, 2.24) is 25.2 Å². The first-order valence-electron chi connectivity index (χ1n) is 8.35. The number of halogens is 2. The van der Waals surface area contributed by atoms with Gasteiger partial charge in [0.25, 0.3) is 11.5 Å². The summed E-state index contributed by atoms with van der Waals surface area (Å²) in [5.74, 6) is -2.84. The molecule has 4 rings (SSSR count). The molecule has 0 radical (unpaired) electrons. The first-order valence-corrected chi connectivity index (χ1v) is 8.35. The number of aromatic nitrogens is 3. The van der Waals surface area contributed by atoms with Gasteiger partial charge in [-0.2, -0.15) is 0 Å². The molecule has 0 bridgehead atoms. The predicted molar refractivity (Wildman–Crippen MR) is 88.6 cm³/mol. The number of hydrogen-bond acceptors (Lipinski definition) is 5. The van der Waals surface area contributed by atoms with E-state index < -0.39 is 24.9 Å². The third-order valence-corrected chi connectivity index (χ3v) is 4.75. The molecular weight excluding hydrogens is 344 g/mol. The molecule has 2 aliphatic heterocycles. The van der Waals surface area contributed by atoms with Crippen LogP contribution in [0, 0.1) is 0 Å². The summed E-state index contributed by atoms with van der Waals surface area (Å²) >= 11 is 0. The van der Waals surface area contributed by atoms with E-state index in [0.29, 0.717) is 35.6 Å². The number of H-pyrrole nitrogens is 1. The molecule has 7 nitrogen and oxygen atoms in total. The van der Waals surface area contributed by atoms with Crippen LogP contribution in [0.15, 0.2) is 29.3 Å². The Morgan fingerprint density at radius 2 is 2.08 bits per heavy atom. The summed E-state index contributed by atoms with van der Waals surface area (Å²) < 4.78 is 26.7. The number of fused-ring (bicyclic) bond motifs is 1. The number of rotatable bonds is 2. The molecule has 0 spiro atoms. The molecule has 0 unspecified atom stereocenters. The van der Waals surface area contributed by atoms with Crippen LogP contribution >= 0.6 is 0 Å². The molecule has 9 heteroatoms. The number of pyridine rings is 1. The van der Waals surface area contributed by atoms with Gasteiger partial charge in [-0.1, -0.05) is 0 Å². The van der Waals surface area contributed by atoms with Gasteiger partial charge in [0, 0.05) is 36.5 Å². The Kier molecular flexibility index (Phi) is 4.03. The lowest BCUT2D eigenvalue weighted by Crippen LogP contribution is -2.46. The lowest BCUT2D eigenvalue weighted by molar-refractivity contribution is -0.134. The number of aromatic amines is 1. The summed E-state index contributed by atoms with van der Waals surface area (Å²) in [6.07, 6.45) is 3.04. The van der Waals surface area contributed by atoms with Gasteiger partial charge in [0.2, 0.25) is 5.91 Å². The largest absolute Gasteiger partial charge is 0.335 e. The number of alkyl halides is 2. The maximum Gasteiger partial charge on any atom is 0.262 e. The van der Waals surface area contributed by atoms with E-state index in [1.165, 1.54) is 4.90 Å². The molecule has 1 fully saturated rings. The smallest absolute Gasteiger partial charge is 0.262 e. The van der Waals surface area contributed by atoms with Gasteiger partial charge >= 0.3 is 0 Å². The zero-order valence-electron chi connectivity index (χ0n) is 13.8. The third-order valence-electron chi connectivity index (χ3n) is 4.75. The molecule has 0 aliphatic carbocycles. The highest BCUT2D eigenvalue weighted by atomic mass is 19.3. The molecule has 4 heterocycles. The van der Waals surface area contributed by atoms with E-state index in [1.54, 1.807) is 24.5 Å². The third kappa shape index (κ3) is 3.10. The van der Waals surface area contributed by atoms with E-state index in [1.807, 2.05) is 0 Å². The summed E-state index contributed by atoms with van der Waals surface area (Å²) in [6.45, 7) is -0.0349. The first-order chi connectivity index (χ1) is 12.4. The van der Waals surface area contributed by atoms with Crippen LogP contribution < -0.4 is 10.9 Å². The van der Waals surface area contributed by atoms with Gasteiger partial charge < -0.3 is 9.88 Å². The fraction of sp³-hybridized carbons (Fsp3) is 0.412. The fourth-order valence-corrected chi connectivity index (χ4v) is 3.38. The number of carbonyl (C=O) groups excluding carboxylic acids is 1. The molecule has 1 saturated heterocycles. The fourth-order valence-electron chi connectivity index (χ4n) is 3.38. The van der Waals surface area contributed by atoms with Crippen LogP contribution in [-0.2, 0) is 17.8 Å². The Morgan fingerprint density at radius 1 is 1.31 bits per heavy atom. The van der Waals surface area contributed by atoms with Crippen LogP contribution in [0.25, 0.3) is 11.4 Å². The minimum atomic E-state index is -2.86. The molecule has 2 aromatic heterocycles. The van der Waals surface area contributed by atoms with Gasteiger partial charge in [-0.05, 0) is 18.6 Å². The van der Waals surface area contributed by atoms with Crippen LogP contribution in [0.2, 0.25) is 0 Å². The second kappa shape index (κ2) is 6.24. The standard InChI is InChI=1S/C17H17F2N5O2/c18-17(19)7-12(21-9-17)16(26)24-6-3-11-13(8-24)22-14(23-15(11)25)10-1-4-20-5-2-10/h1-2,4-5,12,21H,3,6-9H2,(H,22,23,25)/t12-/m0/s1. The van der Waals surface area contributed by atoms with E-state index in [-0.39, 0.29) is 18.0 Å². The molecule has 0 aromatic carbocycles. The Hall–Kier alpha value is -2.68. The SMILES string of the molecule is O=C([C@@H]1CC(F)(F)CN1)N1CCc2c(nc(-c3ccncc3)[nH]c2=O)C1. The van der Waals surface area contributed by atoms with Crippen LogP contribution in [0.1, 0.15) is 17.7 Å². The van der Waals surface area contributed by atoms with E-state index in [2.05, 4.69) is 20.3 Å². The van der Waals surface area contributed by atoms with Crippen LogP contribution in [-0.4, -0.2) is 50.8 Å². The highest BCUT2D eigenvalue weighted by molar-refractivity contribution is 5.82. The maximum atomic E-state index is 13.4. The van der Waals surface area contributed by atoms with Crippen molar-refractivity contribution in [3.8, 4) is 11.4 Å². The molecule has 136 valence electrons. The van der Waals surface area contributed by atoms with E-state index >= 15 is 0 Å². The quantitative estimate of drug-likeness (QED) is 0.822. The number of nitrogens with one attached hydrogen (secondary N) is 2. The van der Waals surface area contributed by atoms with Crippen LogP contribution in [0.4, 0.5) is 8.78 Å². The van der Waals surface area contributed by atoms with Crippen molar-refractivity contribution in [3.05, 3.63) is 46.1 Å². The summed E-state index contributed by atoms with van der Waals surface area (Å²) in [4.78, 5) is 37.6. The van der Waals surface area contributed by atoms with Crippen molar-refractivity contribution in [3.63, 3.8) is 0 Å². The topological polar surface area (TPSA) is 91.0 Å². The van der Waals surface area contributed by atoms with Crippen LogP contribution in [0.5, 0.6) is 0 Å². The number of hydrogen-bond donors (Lipinski definition) is 2. The Morgan fingerprint density at radius 3 is 2.77 bits per heavy atom. The van der Waals surface area contributed by atoms with Gasteiger partial charge in [-0.15, -0.1) is 0 Å². The van der Waals surface area contributed by atoms with Gasteiger partial charge in [-0.3, -0.25) is 19.9 Å². The predicted octanol–water partition coefficient (Wildman–Crippen LogP) is 0.714. The van der Waals surface area contributed by atoms with Crippen molar-refractivity contribution in [2.24, 2.45) is 0 Å². The Bertz CT molecular complexity index is 900. The summed E-state index contributed by atoms with van der Waals surface area (Å²) in [6, 6.07) is 2.55. The summed E-state index contributed by atoms with van der Waals surface area (Å²) in [5, 5.41) is 2.58. The van der Waals surface area contributed by atoms with E-state index in [0.717, 1.165) is 0 Å². The highest BCUT2D eigenvalue weighted by Gasteiger charge is 2.44. The minimum absolute atomic E-state index is 0.139. The average molecular weight is 361 g/mol. The molecule has 0 saturated carbocycles. The number of amides is 1. The van der Waals surface area contributed by atoms with Crippen molar-refractivity contribution < 1.29 is 13.6 Å². The van der Waals surface area contributed by atoms with Gasteiger partial charge in [-0.25, -0.2) is 13.8 Å². The second-order valence-corrected chi connectivity index (χ2v) is 6.58. The molecule has 2 aromatic rings. The number of nitrogens with zero attached hydrogens (tertiary/aromatic N) is 3. The van der Waals surface area contributed by atoms with Crippen molar-refractivity contribution in [2.45, 2.75) is 31.4 Å². The Balaban J connectivity index is 1.59. The van der Waals surface area contributed by atoms with E-state index in [4.69, 9.17) is 0 Å². The lowest BCUT2D eigenvalue weighted by Gasteiger charge is -2.30. The zero-order valence-corrected chi connectivity index (χ0v) is 13.8. The first kappa shape index (κ1) is 16.8. The summed E-state index contributed by atoms with van der Waals surface area (Å²) in [5.41, 5.74) is 1.52. The summed E-state index contributed by atoms with van der Waals surface area (Å²) in [7, 11) is 0. The van der Waals surface area contributed by atoms with Gasteiger partial charge in [0.15, 0.2) is 0 Å². The van der Waals surface area contributed by atoms with Crippen molar-refractivity contribution >= 4 is 5.91 Å². The van der Waals surface area contributed by atoms with Gasteiger partial charge in [0.05, 0.1) is 24.8 Å². The van der Waals surface area contributed by atoms with Crippen molar-refractivity contribution in [1.29, 1.82) is 0 Å². The highest BCUT2D eigenvalue weighted by Crippen LogP contribution is 2.27. The molecule has 2 N–H and O–H groups in total. The monoisotopic (exact) mass is 361 g/mol. The second-order valence-electron chi connectivity index (χ2n) is 6.58. The minimum Gasteiger partial charge on any atom is -0.335 e. The molecular formula is C17H17F2N5O2. The van der Waals surface area contributed by atoms with E-state index in [9.17, 15) is 18.4 Å². The van der Waals surface area contributed by atoms with Crippen LogP contribution in [0.3, 0.4) is 0 Å². The maximum absolute atomic E-state index is 13.4. The van der Waals surface area contributed by atoms with Crippen molar-refractivity contribution in [2.75, 3.05) is 13.1 Å². The van der Waals surface area contributed by atoms with Gasteiger partial charge in [0.1, 0.15) is 5.82 Å². The average Bonchev–Trinajstić information content (AvgIpc) is 3.01. The zero-order chi connectivity index (χ0) is 18.3.